The van der Waals surface area contributed by atoms with E-state index in [9.17, 15) is 0 Å². The van der Waals surface area contributed by atoms with E-state index < -0.39 is 0 Å². The van der Waals surface area contributed by atoms with Crippen LogP contribution in [0.15, 0.2) is 92.8 Å². The van der Waals surface area contributed by atoms with Gasteiger partial charge in [-0.1, -0.05) is 72.8 Å². The fourth-order valence-electron chi connectivity index (χ4n) is 4.49. The summed E-state index contributed by atoms with van der Waals surface area (Å²) in [6, 6.07) is 24.7. The molecule has 0 radical (unpaired) electrons. The van der Waals surface area contributed by atoms with E-state index in [1.807, 2.05) is 24.3 Å². The molecule has 2 aliphatic heterocycles. The zero-order chi connectivity index (χ0) is 19.7. The van der Waals surface area contributed by atoms with Crippen molar-refractivity contribution in [3.63, 3.8) is 0 Å². The van der Waals surface area contributed by atoms with Crippen molar-refractivity contribution in [3.05, 3.63) is 95.1 Å². The zero-order valence-corrected chi connectivity index (χ0v) is 15.9. The summed E-state index contributed by atoms with van der Waals surface area (Å²) in [5.74, 6) is 2.99. The summed E-state index contributed by atoms with van der Waals surface area (Å²) < 4.78 is 0. The van der Waals surface area contributed by atoms with Gasteiger partial charge in [-0.3, -0.25) is 0 Å². The number of fused-ring (bicyclic) bond motifs is 14. The van der Waals surface area contributed by atoms with Gasteiger partial charge in [0, 0.05) is 39.4 Å². The van der Waals surface area contributed by atoms with E-state index in [1.165, 1.54) is 0 Å². The molecule has 140 valence electrons. The van der Waals surface area contributed by atoms with E-state index in [0.29, 0.717) is 18.1 Å². The van der Waals surface area contributed by atoms with E-state index in [-0.39, 0.29) is 0 Å². The Morgan fingerprint density at radius 2 is 1.00 bits per heavy atom. The monoisotopic (exact) mass is 385 g/mol. The van der Waals surface area contributed by atoms with Gasteiger partial charge in [0.05, 0.1) is 11.4 Å². The smallest absolute Gasteiger partial charge is 0.164 e. The summed E-state index contributed by atoms with van der Waals surface area (Å²) in [6.07, 6.45) is 0.676. The molecule has 3 heterocycles. The molecule has 0 fully saturated rings. The molecule has 0 saturated heterocycles. The molecule has 1 N–H and O–H groups in total. The standard InChI is InChI=1S/C25H15N5/c1-2-8-15-14(7-1)20-13-21(15)27-23-17-10-4-6-12-19(17)25(29-23)30-24-18-11-5-3-9-16(18)22(26-20)28-24/h1-12H,13H2,(H,26,27,28,29,30). The summed E-state index contributed by atoms with van der Waals surface area (Å²) in [7, 11) is 0. The van der Waals surface area contributed by atoms with Crippen molar-refractivity contribution in [3.8, 4) is 0 Å². The number of amidine groups is 2. The van der Waals surface area contributed by atoms with Gasteiger partial charge in [-0.2, -0.15) is 0 Å². The number of aromatic nitrogens is 1. The van der Waals surface area contributed by atoms with E-state index in [2.05, 4.69) is 53.5 Å². The van der Waals surface area contributed by atoms with Crippen LogP contribution >= 0.6 is 0 Å². The van der Waals surface area contributed by atoms with Crippen LogP contribution in [0.25, 0.3) is 10.8 Å². The van der Waals surface area contributed by atoms with Crippen LogP contribution in [0.5, 0.6) is 0 Å². The second-order valence-electron chi connectivity index (χ2n) is 7.62. The Balaban J connectivity index is 1.62. The molecule has 1 aliphatic carbocycles. The Bertz CT molecular complexity index is 1510. The third kappa shape index (κ3) is 2.12. The van der Waals surface area contributed by atoms with Gasteiger partial charge in [0.15, 0.2) is 11.7 Å². The minimum Gasteiger partial charge on any atom is -0.324 e. The molecule has 5 heteroatoms. The van der Waals surface area contributed by atoms with E-state index >= 15 is 0 Å². The maximum Gasteiger partial charge on any atom is 0.164 e. The molecule has 4 aromatic rings. The molecule has 6 bridgehead atoms. The first-order valence-corrected chi connectivity index (χ1v) is 9.98. The lowest BCUT2D eigenvalue weighted by Crippen LogP contribution is -2.03. The fourth-order valence-corrected chi connectivity index (χ4v) is 4.49. The van der Waals surface area contributed by atoms with Gasteiger partial charge in [-0.15, -0.1) is 0 Å². The zero-order valence-electron chi connectivity index (χ0n) is 15.9. The van der Waals surface area contributed by atoms with Crippen LogP contribution in [-0.2, 0) is 0 Å². The molecular formula is C25H15N5. The van der Waals surface area contributed by atoms with Crippen molar-refractivity contribution >= 4 is 45.5 Å². The first kappa shape index (κ1) is 15.8. The van der Waals surface area contributed by atoms with Crippen LogP contribution in [0.4, 0.5) is 11.6 Å². The van der Waals surface area contributed by atoms with Crippen LogP contribution in [-0.4, -0.2) is 28.1 Å². The van der Waals surface area contributed by atoms with Crippen molar-refractivity contribution in [1.82, 2.24) is 4.98 Å². The van der Waals surface area contributed by atoms with Gasteiger partial charge >= 0.3 is 0 Å². The molecule has 0 amide bonds. The third-order valence-electron chi connectivity index (χ3n) is 5.88. The third-order valence-corrected chi connectivity index (χ3v) is 5.88. The number of aliphatic imine (C=N–C) groups is 4. The fraction of sp³-hybridized carbons (Fsp3) is 0.0400. The lowest BCUT2D eigenvalue weighted by Gasteiger charge is -2.01. The average molecular weight is 385 g/mol. The number of benzene rings is 3. The summed E-state index contributed by atoms with van der Waals surface area (Å²) >= 11 is 0. The van der Waals surface area contributed by atoms with Gasteiger partial charge in [0.2, 0.25) is 0 Å². The van der Waals surface area contributed by atoms with Crippen molar-refractivity contribution < 1.29 is 0 Å². The van der Waals surface area contributed by atoms with Gasteiger partial charge < -0.3 is 4.98 Å². The molecule has 5 nitrogen and oxygen atoms in total. The van der Waals surface area contributed by atoms with E-state index in [4.69, 9.17) is 20.0 Å². The number of nitrogens with zero attached hydrogens (tertiary/aromatic N) is 4. The minimum atomic E-state index is 0.676. The van der Waals surface area contributed by atoms with Crippen molar-refractivity contribution in [2.45, 2.75) is 6.42 Å². The van der Waals surface area contributed by atoms with Gasteiger partial charge in [-0.25, -0.2) is 20.0 Å². The SMILES string of the molecule is c1ccc2c(c1)C1=NC3=NC(=Nc4[nH]c(c5ccccc45)N=C2C1)c1ccccc13. The molecule has 30 heavy (non-hydrogen) atoms. The van der Waals surface area contributed by atoms with Gasteiger partial charge in [0.1, 0.15) is 11.6 Å². The lowest BCUT2D eigenvalue weighted by atomic mass is 10.1. The number of aromatic amines is 1. The summed E-state index contributed by atoms with van der Waals surface area (Å²) in [4.78, 5) is 23.2. The highest BCUT2D eigenvalue weighted by Crippen LogP contribution is 2.37. The Labute approximate surface area is 172 Å². The predicted molar refractivity (Wildman–Crippen MR) is 121 cm³/mol. The largest absolute Gasteiger partial charge is 0.324 e. The number of hydrogen-bond donors (Lipinski definition) is 1. The van der Waals surface area contributed by atoms with Crippen LogP contribution in [0, 0.1) is 0 Å². The normalized spacial score (nSPS) is 16.0. The van der Waals surface area contributed by atoms with Crippen LogP contribution in [0.3, 0.4) is 0 Å². The number of nitrogens with one attached hydrogen (secondary N) is 1. The maximum atomic E-state index is 5.04. The number of rotatable bonds is 0. The van der Waals surface area contributed by atoms with E-state index in [0.717, 1.165) is 56.1 Å². The molecule has 0 saturated carbocycles. The Hall–Kier alpha value is -4.12. The Morgan fingerprint density at radius 1 is 0.500 bits per heavy atom. The molecule has 3 aliphatic rings. The summed E-state index contributed by atoms with van der Waals surface area (Å²) in [5.41, 5.74) is 6.28. The Morgan fingerprint density at radius 3 is 1.67 bits per heavy atom. The topological polar surface area (TPSA) is 65.2 Å². The molecule has 1 aromatic heterocycles. The highest BCUT2D eigenvalue weighted by atomic mass is 15.1. The van der Waals surface area contributed by atoms with Crippen LogP contribution < -0.4 is 0 Å². The van der Waals surface area contributed by atoms with Crippen LogP contribution in [0.1, 0.15) is 28.7 Å². The predicted octanol–water partition coefficient (Wildman–Crippen LogP) is 5.33. The molecule has 0 unspecified atom stereocenters. The first-order chi connectivity index (χ1) is 14.8. The number of H-pyrrole nitrogens is 1. The molecular weight excluding hydrogens is 370 g/mol. The van der Waals surface area contributed by atoms with E-state index in [1.54, 1.807) is 0 Å². The highest BCUT2D eigenvalue weighted by Gasteiger charge is 2.28. The maximum absolute atomic E-state index is 5.04. The first-order valence-electron chi connectivity index (χ1n) is 9.98. The molecule has 0 spiro atoms. The van der Waals surface area contributed by atoms with Crippen molar-refractivity contribution in [2.24, 2.45) is 20.0 Å². The van der Waals surface area contributed by atoms with Gasteiger partial charge in [0.25, 0.3) is 0 Å². The highest BCUT2D eigenvalue weighted by molar-refractivity contribution is 6.33. The molecule has 0 atom stereocenters. The van der Waals surface area contributed by atoms with Crippen molar-refractivity contribution in [2.75, 3.05) is 0 Å². The lowest BCUT2D eigenvalue weighted by molar-refractivity contribution is 1.29. The Kier molecular flexibility index (Phi) is 3.00. The van der Waals surface area contributed by atoms with Gasteiger partial charge in [-0.05, 0) is 0 Å². The van der Waals surface area contributed by atoms with Crippen molar-refractivity contribution in [1.29, 1.82) is 0 Å². The minimum absolute atomic E-state index is 0.676. The number of hydrogen-bond acceptors (Lipinski definition) is 4. The van der Waals surface area contributed by atoms with Crippen LogP contribution in [0.2, 0.25) is 0 Å². The molecule has 3 aromatic carbocycles. The quantitative estimate of drug-likeness (QED) is 0.425. The summed E-state index contributed by atoms with van der Waals surface area (Å²) in [6.45, 7) is 0. The summed E-state index contributed by atoms with van der Waals surface area (Å²) in [5, 5.41) is 2.10. The second kappa shape index (κ2) is 5.70. The second-order valence-corrected chi connectivity index (χ2v) is 7.62. The average Bonchev–Trinajstić information content (AvgIpc) is 3.43. The molecule has 7 rings (SSSR count).